The highest BCUT2D eigenvalue weighted by Gasteiger charge is 2.46. The smallest absolute Gasteiger partial charge is 0.373 e. The monoisotopic (exact) mass is 894 g/mol. The number of nitrogen functional groups attached to an aromatic ring is 2. The van der Waals surface area contributed by atoms with Crippen molar-refractivity contribution in [3.63, 3.8) is 0 Å². The molecule has 4 aromatic rings. The molecular formula is C30H44N10O18P2. The van der Waals surface area contributed by atoms with Crippen molar-refractivity contribution in [3.05, 3.63) is 24.3 Å². The topological polar surface area (TPSA) is 440 Å². The van der Waals surface area contributed by atoms with Crippen LogP contribution in [-0.4, -0.2) is 153 Å². The van der Waals surface area contributed by atoms with Gasteiger partial charge in [-0.2, -0.15) is 19.2 Å². The van der Waals surface area contributed by atoms with Gasteiger partial charge >= 0.3 is 27.5 Å². The first-order valence-corrected chi connectivity index (χ1v) is 20.7. The van der Waals surface area contributed by atoms with Gasteiger partial charge in [-0.1, -0.05) is 13.8 Å². The van der Waals surface area contributed by atoms with E-state index in [-0.39, 0.29) is 50.0 Å². The summed E-state index contributed by atoms with van der Waals surface area (Å²) in [4.78, 5) is 94.2. The second-order valence-electron chi connectivity index (χ2n) is 12.8. The molecule has 6 rings (SSSR count). The lowest BCUT2D eigenvalue weighted by Crippen LogP contribution is -2.34. The number of imidazole rings is 2. The third-order valence-corrected chi connectivity index (χ3v) is 11.2. The number of aliphatic hydroxyl groups is 4. The van der Waals surface area contributed by atoms with Gasteiger partial charge in [0.2, 0.25) is 0 Å². The maximum Gasteiger partial charge on any atom is 0.373 e. The van der Waals surface area contributed by atoms with E-state index in [4.69, 9.17) is 49.6 Å². The molecule has 12 N–H and O–H groups in total. The number of hydrogen-bond acceptors (Lipinski definition) is 22. The Morgan fingerprint density at radius 2 is 0.983 bits per heavy atom. The number of aliphatic hydroxyl groups excluding tert-OH is 4. The van der Waals surface area contributed by atoms with Gasteiger partial charge in [-0.3, -0.25) is 18.3 Å². The van der Waals surface area contributed by atoms with E-state index in [1.807, 2.05) is 0 Å². The van der Waals surface area contributed by atoms with Gasteiger partial charge in [0, 0.05) is 0 Å². The van der Waals surface area contributed by atoms with E-state index in [1.165, 1.54) is 21.8 Å². The molecule has 4 aromatic heterocycles. The summed E-state index contributed by atoms with van der Waals surface area (Å²) >= 11 is 0. The van der Waals surface area contributed by atoms with Gasteiger partial charge < -0.3 is 70.4 Å². The molecule has 2 fully saturated rings. The summed E-state index contributed by atoms with van der Waals surface area (Å²) in [6.07, 6.45) is -5.97. The van der Waals surface area contributed by atoms with Gasteiger partial charge in [0.1, 0.15) is 59.3 Å². The van der Waals surface area contributed by atoms with Crippen molar-refractivity contribution >= 4 is 61.5 Å². The van der Waals surface area contributed by atoms with Crippen LogP contribution in [0.3, 0.4) is 0 Å². The lowest BCUT2D eigenvalue weighted by Gasteiger charge is -2.21. The molecule has 60 heavy (non-hydrogen) atoms. The molecule has 0 aromatic carbocycles. The van der Waals surface area contributed by atoms with Gasteiger partial charge in [-0.05, 0) is 26.7 Å². The molecule has 2 saturated heterocycles. The fourth-order valence-electron chi connectivity index (χ4n) is 5.99. The van der Waals surface area contributed by atoms with Crippen LogP contribution in [0.25, 0.3) is 22.3 Å². The van der Waals surface area contributed by atoms with E-state index < -0.39 is 76.0 Å². The van der Waals surface area contributed by atoms with E-state index in [0.717, 1.165) is 0 Å². The first kappa shape index (κ1) is 49.8. The highest BCUT2D eigenvalue weighted by molar-refractivity contribution is 7.52. The quantitative estimate of drug-likeness (QED) is 0.0650. The molecule has 6 heterocycles. The maximum absolute atomic E-state index is 11.4. The Labute approximate surface area is 337 Å². The van der Waals surface area contributed by atoms with E-state index in [9.17, 15) is 49.1 Å². The fraction of sp³-hybridized carbons (Fsp3) is 0.600. The number of ether oxygens (including phenoxy) is 4. The Kier molecular flexibility index (Phi) is 17.7. The SMILES string of the molecule is CC[C@@H](OC[C@@H]1O[C@H](n2cnc3c(N)nc(C)nc32)[C@@H](O)[C@H]1O)P(=O)(O)O.CC[C@H](OC[C@@H]1O[C@H](n2cnc3c(N)nc(C)nc32)[C@@H](O)[C@H]1O)P(=O)(O)O.O=C=O.O=C=O. The zero-order chi connectivity index (χ0) is 45.3. The van der Waals surface area contributed by atoms with Crippen molar-refractivity contribution in [3.8, 4) is 0 Å². The van der Waals surface area contributed by atoms with Crippen LogP contribution in [0, 0.1) is 13.8 Å². The minimum atomic E-state index is -4.44. The van der Waals surface area contributed by atoms with Crippen molar-refractivity contribution in [1.82, 2.24) is 39.0 Å². The second kappa shape index (κ2) is 21.3. The van der Waals surface area contributed by atoms with Gasteiger partial charge in [-0.15, -0.1) is 0 Å². The van der Waals surface area contributed by atoms with E-state index in [1.54, 1.807) is 27.7 Å². The normalized spacial score (nSPS) is 24.9. The molecule has 0 bridgehead atoms. The molecule has 0 unspecified atom stereocenters. The molecule has 2 aliphatic rings. The number of aryl methyl sites for hydroxylation is 2. The first-order chi connectivity index (χ1) is 28.1. The highest BCUT2D eigenvalue weighted by Crippen LogP contribution is 2.45. The number of carbonyl (C=O) groups excluding carboxylic acids is 4. The molecule has 0 amide bonds. The Balaban J connectivity index is 0.000000283. The minimum Gasteiger partial charge on any atom is -0.387 e. The molecule has 2 aliphatic heterocycles. The molecule has 0 aliphatic carbocycles. The lowest BCUT2D eigenvalue weighted by atomic mass is 10.1. The number of nitrogens with two attached hydrogens (primary N) is 2. The third kappa shape index (κ3) is 11.8. The third-order valence-electron chi connectivity index (χ3n) is 8.70. The van der Waals surface area contributed by atoms with Gasteiger partial charge in [0.15, 0.2) is 47.1 Å². The Hall–Kier alpha value is -4.56. The van der Waals surface area contributed by atoms with E-state index in [2.05, 4.69) is 29.9 Å². The Morgan fingerprint density at radius 3 is 1.27 bits per heavy atom. The number of nitrogens with zero attached hydrogens (tertiary/aromatic N) is 8. The summed E-state index contributed by atoms with van der Waals surface area (Å²) in [5, 5.41) is 41.3. The Morgan fingerprint density at radius 1 is 0.667 bits per heavy atom. The highest BCUT2D eigenvalue weighted by atomic mass is 31.2. The van der Waals surface area contributed by atoms with E-state index >= 15 is 0 Å². The molecule has 0 saturated carbocycles. The molecule has 0 spiro atoms. The second-order valence-corrected chi connectivity index (χ2v) is 16.3. The van der Waals surface area contributed by atoms with Crippen LogP contribution in [0.4, 0.5) is 11.6 Å². The summed E-state index contributed by atoms with van der Waals surface area (Å²) < 4.78 is 47.3. The number of aromatic nitrogens is 8. The standard InChI is InChI=1S/2C14H22N5O7P.2CO2/c2*1-3-8(27(22,23)24)25-4-7-10(20)11(21)14(26-7)19-5-16-9-12(15)17-6(2)18-13(9)19;2*2-1-3/h2*5,7-8,10-11,14,20-21H,3-4H2,1-2H3,(H2,15,17,18)(H2,22,23,24);;/t7-,8+,10-,11-,14-;7-,8-,10-,11-,14-;;/m00../s1. The summed E-state index contributed by atoms with van der Waals surface area (Å²) in [6.45, 7) is 5.83. The molecule has 0 radical (unpaired) electrons. The van der Waals surface area contributed by atoms with Crippen molar-refractivity contribution in [2.45, 2.75) is 101 Å². The van der Waals surface area contributed by atoms with E-state index in [0.29, 0.717) is 34.0 Å². The largest absolute Gasteiger partial charge is 0.387 e. The number of rotatable bonds is 12. The van der Waals surface area contributed by atoms with Crippen LogP contribution < -0.4 is 11.5 Å². The van der Waals surface area contributed by atoms with Crippen LogP contribution in [0.5, 0.6) is 0 Å². The summed E-state index contributed by atoms with van der Waals surface area (Å²) in [5.74, 6) is -1.46. The van der Waals surface area contributed by atoms with Crippen LogP contribution in [0.15, 0.2) is 12.7 Å². The Bertz CT molecular complexity index is 2070. The van der Waals surface area contributed by atoms with Crippen LogP contribution in [-0.2, 0) is 47.3 Å². The van der Waals surface area contributed by atoms with Crippen molar-refractivity contribution < 1.29 is 87.3 Å². The molecule has 28 nitrogen and oxygen atoms in total. The maximum atomic E-state index is 11.4. The molecule has 30 heteroatoms. The van der Waals surface area contributed by atoms with Gasteiger partial charge in [-0.25, -0.2) is 29.9 Å². The molecular weight excluding hydrogens is 850 g/mol. The summed E-state index contributed by atoms with van der Waals surface area (Å²) in [5.41, 5.74) is 13.0. The van der Waals surface area contributed by atoms with Crippen LogP contribution in [0.2, 0.25) is 0 Å². The number of anilines is 2. The zero-order valence-corrected chi connectivity index (χ0v) is 33.8. The summed E-state index contributed by atoms with van der Waals surface area (Å²) in [7, 11) is -8.89. The predicted molar refractivity (Wildman–Crippen MR) is 195 cm³/mol. The first-order valence-electron chi connectivity index (χ1n) is 17.4. The number of fused-ring (bicyclic) bond motifs is 2. The molecule has 332 valence electrons. The fourth-order valence-corrected chi connectivity index (χ4v) is 7.50. The number of hydrogen-bond donors (Lipinski definition) is 10. The predicted octanol–water partition coefficient (Wildman–Crippen LogP) is -2.63. The van der Waals surface area contributed by atoms with Gasteiger partial charge in [0.25, 0.3) is 0 Å². The molecule has 10 atom stereocenters. The van der Waals surface area contributed by atoms with Crippen LogP contribution >= 0.6 is 15.2 Å². The van der Waals surface area contributed by atoms with Crippen molar-refractivity contribution in [2.24, 2.45) is 0 Å². The minimum absolute atomic E-state index is 0.0840. The average molecular weight is 895 g/mol. The lowest BCUT2D eigenvalue weighted by molar-refractivity contribution is -0.193. The summed E-state index contributed by atoms with van der Waals surface area (Å²) in [6, 6.07) is 0. The van der Waals surface area contributed by atoms with Crippen LogP contribution in [0.1, 0.15) is 50.8 Å². The zero-order valence-electron chi connectivity index (χ0n) is 32.0. The van der Waals surface area contributed by atoms with Crippen molar-refractivity contribution in [2.75, 3.05) is 24.7 Å². The van der Waals surface area contributed by atoms with Crippen molar-refractivity contribution in [1.29, 1.82) is 0 Å². The van der Waals surface area contributed by atoms with Gasteiger partial charge in [0.05, 0.1) is 25.9 Å². The average Bonchev–Trinajstić information content (AvgIpc) is 3.90.